The third-order valence-electron chi connectivity index (χ3n) is 5.54. The number of rotatable bonds is 11. The Kier molecular flexibility index (Phi) is 9.48. The standard InChI is InChI=1S/C25H27F2N3O6/c1-30(23(33)11-10-17-8-5-9-20(26)24(17)27)18(12-19(32)14-31)15-35-25(34)28-22-13-21(36-29-22)16-6-3-2-4-7-16/h2-9,13,18-19,31-32H,10-12,14-15H2,1H3,(H,28,29,34)/t18-,19+/m0/s1. The molecule has 0 radical (unpaired) electrons. The van der Waals surface area contributed by atoms with Gasteiger partial charge in [0.15, 0.2) is 23.2 Å². The van der Waals surface area contributed by atoms with Crippen molar-refractivity contribution in [1.82, 2.24) is 10.1 Å². The molecule has 0 unspecified atom stereocenters. The van der Waals surface area contributed by atoms with Gasteiger partial charge in [-0.05, 0) is 24.5 Å². The van der Waals surface area contributed by atoms with Gasteiger partial charge in [-0.1, -0.05) is 47.6 Å². The van der Waals surface area contributed by atoms with Crippen LogP contribution in [0, 0.1) is 11.6 Å². The highest BCUT2D eigenvalue weighted by molar-refractivity contribution is 5.84. The number of aryl methyl sites for hydroxylation is 1. The number of benzene rings is 2. The highest BCUT2D eigenvalue weighted by Crippen LogP contribution is 2.22. The van der Waals surface area contributed by atoms with E-state index in [1.165, 1.54) is 30.1 Å². The van der Waals surface area contributed by atoms with Crippen LogP contribution in [0.1, 0.15) is 18.4 Å². The van der Waals surface area contributed by atoms with E-state index in [1.807, 2.05) is 30.3 Å². The topological polar surface area (TPSA) is 125 Å². The van der Waals surface area contributed by atoms with Crippen LogP contribution in [0.4, 0.5) is 19.4 Å². The van der Waals surface area contributed by atoms with E-state index >= 15 is 0 Å². The molecule has 2 atom stereocenters. The summed E-state index contributed by atoms with van der Waals surface area (Å²) in [4.78, 5) is 26.2. The second-order valence-electron chi connectivity index (χ2n) is 8.11. The molecule has 0 aliphatic carbocycles. The summed E-state index contributed by atoms with van der Waals surface area (Å²) in [6, 6.07) is 13.6. The Morgan fingerprint density at radius 2 is 1.92 bits per heavy atom. The molecule has 2 aromatic carbocycles. The first-order valence-electron chi connectivity index (χ1n) is 11.2. The van der Waals surface area contributed by atoms with Crippen molar-refractivity contribution >= 4 is 17.8 Å². The summed E-state index contributed by atoms with van der Waals surface area (Å²) in [6.07, 6.45) is -2.30. The van der Waals surface area contributed by atoms with E-state index in [2.05, 4.69) is 10.5 Å². The van der Waals surface area contributed by atoms with Crippen molar-refractivity contribution in [2.45, 2.75) is 31.4 Å². The van der Waals surface area contributed by atoms with Crippen LogP contribution in [0.25, 0.3) is 11.3 Å². The highest BCUT2D eigenvalue weighted by Gasteiger charge is 2.25. The Labute approximate surface area is 206 Å². The molecule has 2 amide bonds. The summed E-state index contributed by atoms with van der Waals surface area (Å²) in [5, 5.41) is 25.3. The second-order valence-corrected chi connectivity index (χ2v) is 8.11. The molecule has 1 heterocycles. The number of nitrogens with zero attached hydrogens (tertiary/aromatic N) is 2. The number of hydrogen-bond donors (Lipinski definition) is 3. The van der Waals surface area contributed by atoms with Gasteiger partial charge in [0.25, 0.3) is 0 Å². The molecular weight excluding hydrogens is 476 g/mol. The number of carbonyl (C=O) groups excluding carboxylic acids is 2. The Hall–Kier alpha value is -3.83. The van der Waals surface area contributed by atoms with Crippen molar-refractivity contribution in [1.29, 1.82) is 0 Å². The SMILES string of the molecule is CN(C(=O)CCc1cccc(F)c1F)[C@H](COC(=O)Nc1cc(-c2ccccc2)on1)C[C@@H](O)CO. The number of carbonyl (C=O) groups is 2. The fourth-order valence-corrected chi connectivity index (χ4v) is 3.47. The fourth-order valence-electron chi connectivity index (χ4n) is 3.47. The van der Waals surface area contributed by atoms with Gasteiger partial charge in [-0.15, -0.1) is 0 Å². The van der Waals surface area contributed by atoms with Crippen LogP contribution in [-0.4, -0.2) is 64.7 Å². The van der Waals surface area contributed by atoms with Crippen LogP contribution >= 0.6 is 0 Å². The van der Waals surface area contributed by atoms with Crippen molar-refractivity contribution in [2.24, 2.45) is 0 Å². The van der Waals surface area contributed by atoms with E-state index in [4.69, 9.17) is 9.26 Å². The Bertz CT molecular complexity index is 1160. The molecule has 11 heteroatoms. The minimum absolute atomic E-state index is 0.0424. The van der Waals surface area contributed by atoms with Gasteiger partial charge in [0.1, 0.15) is 6.61 Å². The van der Waals surface area contributed by atoms with Crippen molar-refractivity contribution in [3.63, 3.8) is 0 Å². The van der Waals surface area contributed by atoms with E-state index in [0.29, 0.717) is 5.76 Å². The summed E-state index contributed by atoms with van der Waals surface area (Å²) < 4.78 is 37.7. The van der Waals surface area contributed by atoms with Crippen molar-refractivity contribution in [3.8, 4) is 11.3 Å². The Balaban J connectivity index is 1.57. The van der Waals surface area contributed by atoms with Gasteiger partial charge in [-0.2, -0.15) is 0 Å². The molecule has 3 N–H and O–H groups in total. The zero-order valence-corrected chi connectivity index (χ0v) is 19.6. The Morgan fingerprint density at radius 3 is 2.64 bits per heavy atom. The second kappa shape index (κ2) is 12.8. The van der Waals surface area contributed by atoms with Gasteiger partial charge in [0.2, 0.25) is 5.91 Å². The van der Waals surface area contributed by atoms with Crippen LogP contribution in [0.2, 0.25) is 0 Å². The average molecular weight is 504 g/mol. The van der Waals surface area contributed by atoms with Crippen molar-refractivity contribution in [2.75, 3.05) is 25.6 Å². The van der Waals surface area contributed by atoms with Gasteiger partial charge >= 0.3 is 6.09 Å². The maximum atomic E-state index is 13.9. The summed E-state index contributed by atoms with van der Waals surface area (Å²) >= 11 is 0. The first-order chi connectivity index (χ1) is 17.3. The molecule has 192 valence electrons. The number of hydrogen-bond acceptors (Lipinski definition) is 7. The van der Waals surface area contributed by atoms with Crippen molar-refractivity contribution < 1.29 is 37.8 Å². The minimum atomic E-state index is -1.17. The van der Waals surface area contributed by atoms with E-state index in [-0.39, 0.29) is 37.3 Å². The summed E-state index contributed by atoms with van der Waals surface area (Å²) in [7, 11) is 1.43. The molecule has 0 aliphatic rings. The minimum Gasteiger partial charge on any atom is -0.447 e. The smallest absolute Gasteiger partial charge is 0.412 e. The largest absolute Gasteiger partial charge is 0.447 e. The lowest BCUT2D eigenvalue weighted by molar-refractivity contribution is -0.133. The molecule has 0 bridgehead atoms. The summed E-state index contributed by atoms with van der Waals surface area (Å²) in [5.41, 5.74) is 0.824. The molecule has 0 fully saturated rings. The van der Waals surface area contributed by atoms with Gasteiger partial charge in [-0.3, -0.25) is 10.1 Å². The van der Waals surface area contributed by atoms with Gasteiger partial charge in [-0.25, -0.2) is 13.6 Å². The van der Waals surface area contributed by atoms with E-state index < -0.39 is 42.4 Å². The van der Waals surface area contributed by atoms with Crippen LogP contribution in [-0.2, 0) is 16.0 Å². The molecule has 36 heavy (non-hydrogen) atoms. The zero-order valence-electron chi connectivity index (χ0n) is 19.6. The van der Waals surface area contributed by atoms with E-state index in [9.17, 15) is 28.6 Å². The normalized spacial score (nSPS) is 12.6. The first-order valence-corrected chi connectivity index (χ1v) is 11.2. The summed E-state index contributed by atoms with van der Waals surface area (Å²) in [6.45, 7) is -0.858. The highest BCUT2D eigenvalue weighted by atomic mass is 19.2. The van der Waals surface area contributed by atoms with Gasteiger partial charge in [0, 0.05) is 25.1 Å². The summed E-state index contributed by atoms with van der Waals surface area (Å²) in [5.74, 6) is -1.90. The third kappa shape index (κ3) is 7.33. The lowest BCUT2D eigenvalue weighted by Crippen LogP contribution is -2.43. The average Bonchev–Trinajstić information content (AvgIpc) is 3.35. The number of halogens is 2. The molecule has 0 saturated heterocycles. The fraction of sp³-hybridized carbons (Fsp3) is 0.320. The lowest BCUT2D eigenvalue weighted by atomic mass is 10.1. The predicted octanol–water partition coefficient (Wildman–Crippen LogP) is 3.37. The lowest BCUT2D eigenvalue weighted by Gasteiger charge is -2.29. The number of ether oxygens (including phenoxy) is 1. The van der Waals surface area contributed by atoms with Gasteiger partial charge in [0.05, 0.1) is 18.8 Å². The zero-order chi connectivity index (χ0) is 26.1. The van der Waals surface area contributed by atoms with Crippen molar-refractivity contribution in [3.05, 3.63) is 71.8 Å². The number of anilines is 1. The van der Waals surface area contributed by atoms with Crippen LogP contribution in [0.5, 0.6) is 0 Å². The van der Waals surface area contributed by atoms with Crippen LogP contribution in [0.15, 0.2) is 59.1 Å². The molecule has 9 nitrogen and oxygen atoms in total. The predicted molar refractivity (Wildman–Crippen MR) is 126 cm³/mol. The quantitative estimate of drug-likeness (QED) is 0.366. The van der Waals surface area contributed by atoms with Crippen LogP contribution < -0.4 is 5.32 Å². The molecule has 3 rings (SSSR count). The van der Waals surface area contributed by atoms with Crippen LogP contribution in [0.3, 0.4) is 0 Å². The number of amides is 2. The maximum absolute atomic E-state index is 13.9. The monoisotopic (exact) mass is 503 g/mol. The molecule has 0 aliphatic heterocycles. The van der Waals surface area contributed by atoms with E-state index in [0.717, 1.165) is 11.6 Å². The maximum Gasteiger partial charge on any atom is 0.412 e. The molecule has 0 saturated carbocycles. The third-order valence-corrected chi connectivity index (χ3v) is 5.54. The van der Waals surface area contributed by atoms with Gasteiger partial charge < -0.3 is 24.4 Å². The molecular formula is C25H27F2N3O6. The first kappa shape index (κ1) is 26.8. The number of aromatic nitrogens is 1. The molecule has 0 spiro atoms. The Morgan fingerprint density at radius 1 is 1.17 bits per heavy atom. The molecule has 1 aromatic heterocycles. The van der Waals surface area contributed by atoms with E-state index in [1.54, 1.807) is 0 Å². The number of aliphatic hydroxyl groups is 2. The number of aliphatic hydroxyl groups excluding tert-OH is 2. The number of nitrogens with one attached hydrogen (secondary N) is 1. The molecule has 3 aromatic rings. The number of likely N-dealkylation sites (N-methyl/N-ethyl adjacent to an activating group) is 1.